The van der Waals surface area contributed by atoms with Crippen molar-refractivity contribution in [1.29, 1.82) is 0 Å². The molecule has 0 radical (unpaired) electrons. The van der Waals surface area contributed by atoms with E-state index in [1.807, 2.05) is 55.4 Å². The molecule has 180 valence electrons. The number of anilines is 1. The van der Waals surface area contributed by atoms with Crippen molar-refractivity contribution in [2.75, 3.05) is 19.0 Å². The molecule has 0 amide bonds. The summed E-state index contributed by atoms with van der Waals surface area (Å²) in [6.07, 6.45) is 0.179. The molecule has 1 atom stereocenters. The maximum atomic E-state index is 12.3. The van der Waals surface area contributed by atoms with E-state index >= 15 is 0 Å². The van der Waals surface area contributed by atoms with Gasteiger partial charge in [-0.3, -0.25) is 4.79 Å². The van der Waals surface area contributed by atoms with Crippen molar-refractivity contribution in [3.8, 4) is 16.9 Å². The van der Waals surface area contributed by atoms with E-state index < -0.39 is 11.9 Å². The molecule has 1 unspecified atom stereocenters. The van der Waals surface area contributed by atoms with Crippen molar-refractivity contribution in [3.05, 3.63) is 98.1 Å². The summed E-state index contributed by atoms with van der Waals surface area (Å²) < 4.78 is 1.67. The Kier molecular flexibility index (Phi) is 7.62. The number of aromatic nitrogens is 2. The highest BCUT2D eigenvalue weighted by atomic mass is 35.5. The third-order valence-corrected chi connectivity index (χ3v) is 6.89. The van der Waals surface area contributed by atoms with Gasteiger partial charge < -0.3 is 10.0 Å². The lowest BCUT2D eigenvalue weighted by Crippen LogP contribution is -2.16. The second-order valence-electron chi connectivity index (χ2n) is 8.24. The SMILES string of the molecule is CN(C)c1cccc(C(Cc2cc(-c3ccc(Cl)c(Cl)c3)n(-c3ccc(Cl)cc3Cl)n2)C(=O)O)c1. The number of carboxylic acid groups (broad SMARTS) is 1. The van der Waals surface area contributed by atoms with Crippen LogP contribution in [0.25, 0.3) is 16.9 Å². The number of carbonyl (C=O) groups is 1. The van der Waals surface area contributed by atoms with Crippen LogP contribution in [0.5, 0.6) is 0 Å². The minimum absolute atomic E-state index is 0.179. The van der Waals surface area contributed by atoms with Crippen molar-refractivity contribution in [2.24, 2.45) is 0 Å². The van der Waals surface area contributed by atoms with Crippen molar-refractivity contribution in [1.82, 2.24) is 9.78 Å². The third-order valence-electron chi connectivity index (χ3n) is 5.61. The minimum atomic E-state index is -0.934. The van der Waals surface area contributed by atoms with Gasteiger partial charge in [0.2, 0.25) is 0 Å². The van der Waals surface area contributed by atoms with Gasteiger partial charge in [0.1, 0.15) is 0 Å². The first kappa shape index (κ1) is 25.4. The monoisotopic (exact) mass is 547 g/mol. The fourth-order valence-corrected chi connectivity index (χ4v) is 4.59. The zero-order chi connectivity index (χ0) is 25.3. The Bertz CT molecular complexity index is 1400. The second kappa shape index (κ2) is 10.5. The van der Waals surface area contributed by atoms with Crippen molar-refractivity contribution in [3.63, 3.8) is 0 Å². The van der Waals surface area contributed by atoms with E-state index in [0.29, 0.717) is 42.7 Å². The summed E-state index contributed by atoms with van der Waals surface area (Å²) in [5, 5.41) is 16.5. The molecule has 3 aromatic carbocycles. The van der Waals surface area contributed by atoms with Gasteiger partial charge in [0.25, 0.3) is 0 Å². The molecule has 4 aromatic rings. The molecule has 0 aliphatic rings. The van der Waals surface area contributed by atoms with Gasteiger partial charge in [0.05, 0.1) is 38.1 Å². The number of halogens is 4. The Morgan fingerprint density at radius 1 is 0.943 bits per heavy atom. The molecule has 1 N–H and O–H groups in total. The zero-order valence-electron chi connectivity index (χ0n) is 18.8. The first-order chi connectivity index (χ1) is 16.6. The first-order valence-electron chi connectivity index (χ1n) is 10.6. The molecule has 35 heavy (non-hydrogen) atoms. The Balaban J connectivity index is 1.82. The minimum Gasteiger partial charge on any atom is -0.481 e. The van der Waals surface area contributed by atoms with Crippen LogP contribution in [0, 0.1) is 0 Å². The molecular weight excluding hydrogens is 528 g/mol. The second-order valence-corrected chi connectivity index (χ2v) is 9.90. The van der Waals surface area contributed by atoms with Crippen LogP contribution in [0.3, 0.4) is 0 Å². The maximum absolute atomic E-state index is 12.3. The molecular formula is C26H21Cl4N3O2. The topological polar surface area (TPSA) is 58.4 Å². The summed E-state index contributed by atoms with van der Waals surface area (Å²) in [6.45, 7) is 0. The molecule has 0 bridgehead atoms. The summed E-state index contributed by atoms with van der Waals surface area (Å²) >= 11 is 25.0. The Morgan fingerprint density at radius 2 is 1.71 bits per heavy atom. The smallest absolute Gasteiger partial charge is 0.311 e. The van der Waals surface area contributed by atoms with Crippen molar-refractivity contribution < 1.29 is 9.90 Å². The van der Waals surface area contributed by atoms with Gasteiger partial charge in [0.15, 0.2) is 0 Å². The summed E-state index contributed by atoms with van der Waals surface area (Å²) in [7, 11) is 3.83. The predicted octanol–water partition coefficient (Wildman–Crippen LogP) is 7.63. The third kappa shape index (κ3) is 5.60. The van der Waals surface area contributed by atoms with Crippen molar-refractivity contribution in [2.45, 2.75) is 12.3 Å². The maximum Gasteiger partial charge on any atom is 0.311 e. The van der Waals surface area contributed by atoms with E-state index in [4.69, 9.17) is 51.5 Å². The van der Waals surface area contributed by atoms with E-state index in [2.05, 4.69) is 0 Å². The Hall–Kier alpha value is -2.70. The standard InChI is InChI=1S/C26H21Cl4N3O2/c1-32(2)19-5-3-4-15(10-19)20(26(34)35)13-18-14-25(16-6-8-21(28)22(29)11-16)33(31-18)24-9-7-17(27)12-23(24)30/h3-12,14,20H,13H2,1-2H3,(H,34,35). The quantitative estimate of drug-likeness (QED) is 0.258. The molecule has 0 fully saturated rings. The fraction of sp³-hybridized carbons (Fsp3) is 0.154. The van der Waals surface area contributed by atoms with Gasteiger partial charge >= 0.3 is 5.97 Å². The molecule has 9 heteroatoms. The highest BCUT2D eigenvalue weighted by Gasteiger charge is 2.24. The Labute approximate surface area is 223 Å². The molecule has 0 aliphatic carbocycles. The number of hydrogen-bond acceptors (Lipinski definition) is 3. The van der Waals surface area contributed by atoms with Gasteiger partial charge in [-0.05, 0) is 54.1 Å². The van der Waals surface area contributed by atoms with E-state index in [1.54, 1.807) is 35.0 Å². The van der Waals surface area contributed by atoms with Crippen LogP contribution in [-0.2, 0) is 11.2 Å². The average molecular weight is 549 g/mol. The zero-order valence-corrected chi connectivity index (χ0v) is 21.9. The number of rotatable bonds is 7. The fourth-order valence-electron chi connectivity index (χ4n) is 3.80. The normalized spacial score (nSPS) is 11.9. The summed E-state index contributed by atoms with van der Waals surface area (Å²) in [5.41, 5.74) is 4.24. The highest BCUT2D eigenvalue weighted by molar-refractivity contribution is 6.42. The summed E-state index contributed by atoms with van der Waals surface area (Å²) in [4.78, 5) is 14.2. The van der Waals surface area contributed by atoms with E-state index in [0.717, 1.165) is 11.3 Å². The molecule has 5 nitrogen and oxygen atoms in total. The van der Waals surface area contributed by atoms with Crippen LogP contribution >= 0.6 is 46.4 Å². The van der Waals surface area contributed by atoms with Crippen LogP contribution in [0.4, 0.5) is 5.69 Å². The molecule has 0 spiro atoms. The molecule has 1 heterocycles. The van der Waals surface area contributed by atoms with E-state index in [-0.39, 0.29) is 6.42 Å². The van der Waals surface area contributed by atoms with Gasteiger partial charge in [-0.25, -0.2) is 4.68 Å². The molecule has 0 aliphatic heterocycles. The predicted molar refractivity (Wildman–Crippen MR) is 144 cm³/mol. The lowest BCUT2D eigenvalue weighted by Gasteiger charge is -2.17. The number of carboxylic acids is 1. The van der Waals surface area contributed by atoms with Gasteiger partial charge in [0, 0.05) is 36.8 Å². The van der Waals surface area contributed by atoms with E-state index in [1.165, 1.54) is 0 Å². The van der Waals surface area contributed by atoms with Gasteiger partial charge in [-0.2, -0.15) is 5.10 Å². The highest BCUT2D eigenvalue weighted by Crippen LogP contribution is 2.34. The molecule has 0 saturated heterocycles. The Morgan fingerprint density at radius 3 is 2.37 bits per heavy atom. The summed E-state index contributed by atoms with van der Waals surface area (Å²) in [5.74, 6) is -1.73. The van der Waals surface area contributed by atoms with E-state index in [9.17, 15) is 9.90 Å². The largest absolute Gasteiger partial charge is 0.481 e. The van der Waals surface area contributed by atoms with Gasteiger partial charge in [-0.1, -0.05) is 64.6 Å². The van der Waals surface area contributed by atoms with Crippen LogP contribution in [-0.4, -0.2) is 35.0 Å². The molecule has 0 saturated carbocycles. The number of aliphatic carboxylic acids is 1. The number of hydrogen-bond donors (Lipinski definition) is 1. The van der Waals surface area contributed by atoms with Crippen LogP contribution < -0.4 is 4.90 Å². The average Bonchev–Trinajstić information content (AvgIpc) is 3.22. The lowest BCUT2D eigenvalue weighted by molar-refractivity contribution is -0.138. The number of nitrogens with zero attached hydrogens (tertiary/aromatic N) is 3. The molecule has 1 aromatic heterocycles. The molecule has 4 rings (SSSR count). The van der Waals surface area contributed by atoms with Crippen LogP contribution in [0.1, 0.15) is 17.2 Å². The van der Waals surface area contributed by atoms with Crippen LogP contribution in [0.2, 0.25) is 20.1 Å². The van der Waals surface area contributed by atoms with Crippen molar-refractivity contribution >= 4 is 58.1 Å². The van der Waals surface area contributed by atoms with Gasteiger partial charge in [-0.15, -0.1) is 0 Å². The number of benzene rings is 3. The lowest BCUT2D eigenvalue weighted by atomic mass is 9.93. The first-order valence-corrected chi connectivity index (χ1v) is 12.1. The van der Waals surface area contributed by atoms with Crippen LogP contribution in [0.15, 0.2) is 66.7 Å². The summed E-state index contributed by atoms with van der Waals surface area (Å²) in [6, 6.07) is 19.7.